The standard InChI is InChI=1S/C10HF7.2BrH.Mg/c11-2-1-3(12)6(13)5-4(2)7(14)9(16)10(17)8(5)15;;;/h1H;2*1H;/q;;;+2/p-2. The van der Waals surface area contributed by atoms with Gasteiger partial charge in [0.25, 0.3) is 0 Å². The maximum Gasteiger partial charge on any atom is 2.00 e. The van der Waals surface area contributed by atoms with Gasteiger partial charge in [-0.1, -0.05) is 0 Å². The number of halogens is 9. The van der Waals surface area contributed by atoms with E-state index in [1.165, 1.54) is 0 Å². The summed E-state index contributed by atoms with van der Waals surface area (Å²) in [4.78, 5) is 0. The van der Waals surface area contributed by atoms with Crippen molar-refractivity contribution in [2.75, 3.05) is 0 Å². The van der Waals surface area contributed by atoms with Crippen molar-refractivity contribution in [1.29, 1.82) is 0 Å². The average molecular weight is 438 g/mol. The zero-order valence-electron chi connectivity index (χ0n) is 9.19. The van der Waals surface area contributed by atoms with Crippen LogP contribution in [-0.2, 0) is 0 Å². The van der Waals surface area contributed by atoms with Gasteiger partial charge in [-0.05, 0) is 0 Å². The summed E-state index contributed by atoms with van der Waals surface area (Å²) in [6.45, 7) is 0. The molecule has 0 spiro atoms. The van der Waals surface area contributed by atoms with Gasteiger partial charge in [0, 0.05) is 6.07 Å². The van der Waals surface area contributed by atoms with Crippen LogP contribution in [0.15, 0.2) is 6.07 Å². The molecule has 0 unspecified atom stereocenters. The van der Waals surface area contributed by atoms with Gasteiger partial charge in [-0.15, -0.1) is 0 Å². The Bertz CT molecular complexity index is 648. The number of fused-ring (bicyclic) bond motifs is 1. The first kappa shape index (κ1) is 22.2. The largest absolute Gasteiger partial charge is 2.00 e. The molecule has 0 bridgehead atoms. The first-order valence-corrected chi connectivity index (χ1v) is 4.15. The number of hydrogen-bond acceptors (Lipinski definition) is 0. The van der Waals surface area contributed by atoms with Crippen molar-refractivity contribution in [3.05, 3.63) is 46.8 Å². The Morgan fingerprint density at radius 1 is 0.500 bits per heavy atom. The van der Waals surface area contributed by atoms with E-state index in [1.807, 2.05) is 0 Å². The van der Waals surface area contributed by atoms with Gasteiger partial charge in [0.05, 0.1) is 10.8 Å². The van der Waals surface area contributed by atoms with E-state index in [4.69, 9.17) is 0 Å². The van der Waals surface area contributed by atoms with E-state index in [2.05, 4.69) is 0 Å². The summed E-state index contributed by atoms with van der Waals surface area (Å²) < 4.78 is 90.6. The molecule has 0 fully saturated rings. The molecule has 2 rings (SSSR count). The van der Waals surface area contributed by atoms with Gasteiger partial charge in [-0.2, -0.15) is 0 Å². The number of rotatable bonds is 0. The fourth-order valence-electron chi connectivity index (χ4n) is 1.43. The topological polar surface area (TPSA) is 0 Å². The first-order valence-electron chi connectivity index (χ1n) is 4.15. The van der Waals surface area contributed by atoms with Crippen LogP contribution in [0, 0.1) is 40.7 Å². The van der Waals surface area contributed by atoms with Crippen molar-refractivity contribution in [3.63, 3.8) is 0 Å². The molecule has 0 saturated heterocycles. The molecule has 0 aromatic heterocycles. The fourth-order valence-corrected chi connectivity index (χ4v) is 1.43. The average Bonchev–Trinajstić information content (AvgIpc) is 2.28. The minimum Gasteiger partial charge on any atom is -1.00 e. The van der Waals surface area contributed by atoms with E-state index in [0.29, 0.717) is 0 Å². The monoisotopic (exact) mass is 436 g/mol. The molecule has 0 N–H and O–H groups in total. The van der Waals surface area contributed by atoms with Crippen molar-refractivity contribution in [2.45, 2.75) is 0 Å². The quantitative estimate of drug-likeness (QED) is 0.184. The molecule has 0 radical (unpaired) electrons. The first-order chi connectivity index (χ1) is 7.86. The van der Waals surface area contributed by atoms with Gasteiger partial charge < -0.3 is 34.0 Å². The van der Waals surface area contributed by atoms with Crippen molar-refractivity contribution in [3.8, 4) is 0 Å². The van der Waals surface area contributed by atoms with E-state index in [1.54, 1.807) is 0 Å². The summed E-state index contributed by atoms with van der Waals surface area (Å²) in [5.41, 5.74) is 0. The molecular weight excluding hydrogens is 437 g/mol. The maximum absolute atomic E-state index is 13.1. The molecule has 0 atom stereocenters. The third-order valence-electron chi connectivity index (χ3n) is 2.19. The molecule has 0 saturated carbocycles. The summed E-state index contributed by atoms with van der Waals surface area (Å²) in [7, 11) is 0. The van der Waals surface area contributed by atoms with Gasteiger partial charge in [0.2, 0.25) is 0 Å². The molecule has 0 aliphatic carbocycles. The maximum atomic E-state index is 13.1. The van der Waals surface area contributed by atoms with Crippen LogP contribution in [0.1, 0.15) is 0 Å². The van der Waals surface area contributed by atoms with E-state index < -0.39 is 51.5 Å². The molecule has 20 heavy (non-hydrogen) atoms. The van der Waals surface area contributed by atoms with Gasteiger partial charge in [0.1, 0.15) is 5.82 Å². The summed E-state index contributed by atoms with van der Waals surface area (Å²) >= 11 is 0. The molecular formula is C10HBr2F7Mg. The Hall–Kier alpha value is -0.0638. The van der Waals surface area contributed by atoms with Crippen molar-refractivity contribution < 1.29 is 64.7 Å². The second-order valence-electron chi connectivity index (χ2n) is 3.16. The molecule has 0 heterocycles. The summed E-state index contributed by atoms with van der Waals surface area (Å²) in [5.74, 6) is -14.5. The molecule has 0 nitrogen and oxygen atoms in total. The van der Waals surface area contributed by atoms with E-state index in [9.17, 15) is 30.7 Å². The normalized spacial score (nSPS) is 9.55. The molecule has 106 valence electrons. The molecule has 2 aromatic rings. The SMILES string of the molecule is Fc1cc(F)c2c(F)c(F)c(F)c(F)c2c1F.[Br-].[Br-].[Mg+2]. The van der Waals surface area contributed by atoms with Crippen LogP contribution in [0.5, 0.6) is 0 Å². The van der Waals surface area contributed by atoms with Crippen LogP contribution >= 0.6 is 0 Å². The van der Waals surface area contributed by atoms with Crippen LogP contribution in [0.25, 0.3) is 10.8 Å². The van der Waals surface area contributed by atoms with Crippen molar-refractivity contribution in [2.24, 2.45) is 0 Å². The minimum absolute atomic E-state index is 0. The Morgan fingerprint density at radius 3 is 1.35 bits per heavy atom. The number of hydrogen-bond donors (Lipinski definition) is 0. The molecule has 10 heteroatoms. The summed E-state index contributed by atoms with van der Waals surface area (Å²) in [6, 6.07) is -0.0858. The van der Waals surface area contributed by atoms with Crippen molar-refractivity contribution in [1.82, 2.24) is 0 Å². The summed E-state index contributed by atoms with van der Waals surface area (Å²) in [6.07, 6.45) is 0. The van der Waals surface area contributed by atoms with Gasteiger partial charge in [-0.25, -0.2) is 30.7 Å². The number of benzene rings is 2. The third-order valence-corrected chi connectivity index (χ3v) is 2.19. The van der Waals surface area contributed by atoms with Crippen LogP contribution in [0.2, 0.25) is 0 Å². The minimum atomic E-state index is -2.33. The fraction of sp³-hybridized carbons (Fsp3) is 0. The van der Waals surface area contributed by atoms with Crippen LogP contribution in [0.3, 0.4) is 0 Å². The zero-order valence-corrected chi connectivity index (χ0v) is 13.8. The smallest absolute Gasteiger partial charge is 1.00 e. The van der Waals surface area contributed by atoms with E-state index in [-0.39, 0.29) is 63.1 Å². The Kier molecular flexibility index (Phi) is 8.67. The van der Waals surface area contributed by atoms with E-state index >= 15 is 0 Å². The van der Waals surface area contributed by atoms with Crippen LogP contribution in [0.4, 0.5) is 30.7 Å². The Morgan fingerprint density at radius 2 is 0.900 bits per heavy atom. The van der Waals surface area contributed by atoms with Crippen molar-refractivity contribution >= 4 is 33.8 Å². The predicted molar refractivity (Wildman–Crippen MR) is 49.4 cm³/mol. The molecule has 0 aliphatic rings. The predicted octanol–water partition coefficient (Wildman–Crippen LogP) is -2.56. The molecule has 0 amide bonds. The second-order valence-corrected chi connectivity index (χ2v) is 3.16. The molecule has 0 aliphatic heterocycles. The second kappa shape index (κ2) is 7.81. The molecule has 2 aromatic carbocycles. The zero-order chi connectivity index (χ0) is 12.9. The van der Waals surface area contributed by atoms with E-state index in [0.717, 1.165) is 0 Å². The van der Waals surface area contributed by atoms with Crippen LogP contribution < -0.4 is 34.0 Å². The Balaban J connectivity index is 0. The van der Waals surface area contributed by atoms with Gasteiger partial charge in [-0.3, -0.25) is 0 Å². The van der Waals surface area contributed by atoms with Crippen LogP contribution in [-0.4, -0.2) is 23.1 Å². The Labute approximate surface area is 145 Å². The summed E-state index contributed by atoms with van der Waals surface area (Å²) in [5, 5.41) is -3.07. The third kappa shape index (κ3) is 3.23. The van der Waals surface area contributed by atoms with Gasteiger partial charge in [0.15, 0.2) is 34.9 Å². The van der Waals surface area contributed by atoms with Gasteiger partial charge >= 0.3 is 23.1 Å².